The van der Waals surface area contributed by atoms with Gasteiger partial charge in [-0.3, -0.25) is 4.79 Å². The second kappa shape index (κ2) is 8.38. The number of allylic oxidation sites excluding steroid dienone is 6. The summed E-state index contributed by atoms with van der Waals surface area (Å²) in [7, 11) is 0. The molecule has 0 spiro atoms. The second-order valence-corrected chi connectivity index (χ2v) is 7.12. The van der Waals surface area contributed by atoms with E-state index in [1.807, 2.05) is 4.90 Å². The first-order valence-electron chi connectivity index (χ1n) is 8.54. The molecule has 0 unspecified atom stereocenters. The summed E-state index contributed by atoms with van der Waals surface area (Å²) in [5, 5.41) is 0. The van der Waals surface area contributed by atoms with Crippen molar-refractivity contribution in [1.82, 2.24) is 14.9 Å². The SMILES string of the molecule is O=C(CCCC1=CC=C(c2ncc(Br)cn2)CC=C1)N1CCCC1. The monoisotopic (exact) mass is 387 g/mol. The highest BCUT2D eigenvalue weighted by Gasteiger charge is 2.17. The smallest absolute Gasteiger partial charge is 0.222 e. The highest BCUT2D eigenvalue weighted by molar-refractivity contribution is 9.10. The van der Waals surface area contributed by atoms with Gasteiger partial charge in [-0.25, -0.2) is 9.97 Å². The molecule has 126 valence electrons. The lowest BCUT2D eigenvalue weighted by atomic mass is 10.1. The summed E-state index contributed by atoms with van der Waals surface area (Å²) in [5.41, 5.74) is 2.37. The van der Waals surface area contributed by atoms with E-state index in [9.17, 15) is 4.79 Å². The van der Waals surface area contributed by atoms with Crippen LogP contribution in [0.2, 0.25) is 0 Å². The maximum absolute atomic E-state index is 12.1. The molecule has 0 radical (unpaired) electrons. The van der Waals surface area contributed by atoms with Crippen molar-refractivity contribution in [2.24, 2.45) is 0 Å². The molecule has 24 heavy (non-hydrogen) atoms. The highest BCUT2D eigenvalue weighted by atomic mass is 79.9. The zero-order chi connectivity index (χ0) is 16.8. The predicted molar refractivity (Wildman–Crippen MR) is 99.2 cm³/mol. The molecule has 1 aromatic heterocycles. The molecule has 0 aromatic carbocycles. The molecule has 5 heteroatoms. The van der Waals surface area contributed by atoms with Crippen molar-refractivity contribution >= 4 is 27.4 Å². The van der Waals surface area contributed by atoms with E-state index >= 15 is 0 Å². The van der Waals surface area contributed by atoms with Gasteiger partial charge in [0.15, 0.2) is 5.82 Å². The molecule has 1 aromatic rings. The van der Waals surface area contributed by atoms with Crippen LogP contribution >= 0.6 is 15.9 Å². The Kier molecular flexibility index (Phi) is 5.96. The molecule has 0 atom stereocenters. The minimum Gasteiger partial charge on any atom is -0.343 e. The average Bonchev–Trinajstić information content (AvgIpc) is 3.03. The third-order valence-corrected chi connectivity index (χ3v) is 4.80. The molecule has 1 amide bonds. The molecule has 1 aliphatic carbocycles. The fourth-order valence-electron chi connectivity index (χ4n) is 3.05. The van der Waals surface area contributed by atoms with Gasteiger partial charge in [-0.15, -0.1) is 0 Å². The standard InChI is InChI=1S/C19H22BrN3O/c20-17-13-21-19(22-14-17)16-7-3-5-15(9-10-16)6-4-8-18(24)23-11-1-2-12-23/h3,5,9-10,13-14H,1-2,4,6-8,11-12H2. The quantitative estimate of drug-likeness (QED) is 0.756. The number of carbonyl (C=O) groups is 1. The van der Waals surface area contributed by atoms with Crippen LogP contribution < -0.4 is 0 Å². The minimum atomic E-state index is 0.310. The van der Waals surface area contributed by atoms with Crippen molar-refractivity contribution in [3.63, 3.8) is 0 Å². The Morgan fingerprint density at radius 3 is 2.67 bits per heavy atom. The third-order valence-electron chi connectivity index (χ3n) is 4.39. The fourth-order valence-corrected chi connectivity index (χ4v) is 3.25. The lowest BCUT2D eigenvalue weighted by Crippen LogP contribution is -2.27. The summed E-state index contributed by atoms with van der Waals surface area (Å²) in [6, 6.07) is 0. The van der Waals surface area contributed by atoms with Gasteiger partial charge in [-0.05, 0) is 53.6 Å². The molecule has 1 fully saturated rings. The lowest BCUT2D eigenvalue weighted by molar-refractivity contribution is -0.130. The van der Waals surface area contributed by atoms with Gasteiger partial charge in [0.05, 0.1) is 4.47 Å². The number of amides is 1. The Morgan fingerprint density at radius 2 is 1.92 bits per heavy atom. The van der Waals surface area contributed by atoms with Crippen molar-refractivity contribution in [3.8, 4) is 0 Å². The molecule has 2 aliphatic rings. The number of aromatic nitrogens is 2. The van der Waals surface area contributed by atoms with E-state index in [1.54, 1.807) is 12.4 Å². The second-order valence-electron chi connectivity index (χ2n) is 6.21. The molecule has 0 bridgehead atoms. The number of carbonyl (C=O) groups excluding carboxylic acids is 1. The van der Waals surface area contributed by atoms with Gasteiger partial charge in [0.2, 0.25) is 5.91 Å². The Balaban J connectivity index is 1.54. The number of halogens is 1. The number of rotatable bonds is 5. The normalized spacial score (nSPS) is 17.5. The number of likely N-dealkylation sites (tertiary alicyclic amines) is 1. The van der Waals surface area contributed by atoms with Gasteiger partial charge in [0.1, 0.15) is 0 Å². The van der Waals surface area contributed by atoms with Crippen molar-refractivity contribution in [2.75, 3.05) is 13.1 Å². The molecule has 3 rings (SSSR count). The summed E-state index contributed by atoms with van der Waals surface area (Å²) >= 11 is 3.36. The molecule has 0 saturated carbocycles. The summed E-state index contributed by atoms with van der Waals surface area (Å²) in [6.45, 7) is 1.89. The zero-order valence-electron chi connectivity index (χ0n) is 13.7. The van der Waals surface area contributed by atoms with Crippen molar-refractivity contribution < 1.29 is 4.79 Å². The topological polar surface area (TPSA) is 46.1 Å². The van der Waals surface area contributed by atoms with E-state index < -0.39 is 0 Å². The van der Waals surface area contributed by atoms with Crippen LogP contribution in [0.3, 0.4) is 0 Å². The Morgan fingerprint density at radius 1 is 1.17 bits per heavy atom. The van der Waals surface area contributed by atoms with E-state index in [0.717, 1.165) is 61.1 Å². The maximum Gasteiger partial charge on any atom is 0.222 e. The molecule has 1 aliphatic heterocycles. The Hall–Kier alpha value is -1.75. The van der Waals surface area contributed by atoms with Crippen LogP contribution in [0.1, 0.15) is 44.3 Å². The van der Waals surface area contributed by atoms with E-state index in [4.69, 9.17) is 0 Å². The average molecular weight is 388 g/mol. The largest absolute Gasteiger partial charge is 0.343 e. The van der Waals surface area contributed by atoms with Gasteiger partial charge in [-0.2, -0.15) is 0 Å². The Bertz CT molecular complexity index is 670. The van der Waals surface area contributed by atoms with Crippen LogP contribution in [0, 0.1) is 0 Å². The summed E-state index contributed by atoms with van der Waals surface area (Å²) < 4.78 is 0.884. The first-order valence-corrected chi connectivity index (χ1v) is 9.33. The van der Waals surface area contributed by atoms with Crippen LogP contribution in [0.5, 0.6) is 0 Å². The highest BCUT2D eigenvalue weighted by Crippen LogP contribution is 2.22. The number of hydrogen-bond donors (Lipinski definition) is 0. The third kappa shape index (κ3) is 4.63. The van der Waals surface area contributed by atoms with Crippen molar-refractivity contribution in [1.29, 1.82) is 0 Å². The van der Waals surface area contributed by atoms with Crippen LogP contribution in [0.15, 0.2) is 46.7 Å². The number of hydrogen-bond acceptors (Lipinski definition) is 3. The van der Waals surface area contributed by atoms with Crippen LogP contribution in [-0.4, -0.2) is 33.9 Å². The summed E-state index contributed by atoms with van der Waals surface area (Å²) in [4.78, 5) is 22.8. The fraction of sp³-hybridized carbons (Fsp3) is 0.421. The Labute approximate surface area is 151 Å². The summed E-state index contributed by atoms with van der Waals surface area (Å²) in [5.74, 6) is 1.08. The molecule has 0 N–H and O–H groups in total. The molecule has 1 saturated heterocycles. The first-order chi connectivity index (χ1) is 11.7. The molecular weight excluding hydrogens is 366 g/mol. The van der Waals surface area contributed by atoms with E-state index in [1.165, 1.54) is 5.57 Å². The lowest BCUT2D eigenvalue weighted by Gasteiger charge is -2.14. The minimum absolute atomic E-state index is 0.310. The van der Waals surface area contributed by atoms with Gasteiger partial charge in [-0.1, -0.05) is 24.3 Å². The van der Waals surface area contributed by atoms with Gasteiger partial charge in [0.25, 0.3) is 0 Å². The molecular formula is C19H22BrN3O. The van der Waals surface area contributed by atoms with Crippen LogP contribution in [-0.2, 0) is 4.79 Å². The van der Waals surface area contributed by atoms with Crippen molar-refractivity contribution in [2.45, 2.75) is 38.5 Å². The van der Waals surface area contributed by atoms with Gasteiger partial charge >= 0.3 is 0 Å². The zero-order valence-corrected chi connectivity index (χ0v) is 15.3. The van der Waals surface area contributed by atoms with Crippen LogP contribution in [0.4, 0.5) is 0 Å². The summed E-state index contributed by atoms with van der Waals surface area (Å²) in [6.07, 6.45) is 17.7. The predicted octanol–water partition coefficient (Wildman–Crippen LogP) is 4.30. The van der Waals surface area contributed by atoms with E-state index in [0.29, 0.717) is 12.3 Å². The van der Waals surface area contributed by atoms with E-state index in [2.05, 4.69) is 50.2 Å². The van der Waals surface area contributed by atoms with Crippen LogP contribution in [0.25, 0.3) is 5.57 Å². The van der Waals surface area contributed by atoms with Gasteiger partial charge < -0.3 is 4.90 Å². The molecule has 4 nitrogen and oxygen atoms in total. The number of nitrogens with zero attached hydrogens (tertiary/aromatic N) is 3. The maximum atomic E-state index is 12.1. The first kappa shape index (κ1) is 17.1. The van der Waals surface area contributed by atoms with Gasteiger partial charge in [0, 0.05) is 37.5 Å². The van der Waals surface area contributed by atoms with Crippen molar-refractivity contribution in [3.05, 3.63) is 52.6 Å². The molecule has 2 heterocycles. The van der Waals surface area contributed by atoms with E-state index in [-0.39, 0.29) is 0 Å².